The third kappa shape index (κ3) is 5.13. The molecule has 0 aliphatic carbocycles. The van der Waals surface area contributed by atoms with E-state index in [1.54, 1.807) is 0 Å². The van der Waals surface area contributed by atoms with Crippen LogP contribution in [0.1, 0.15) is 30.3 Å². The minimum atomic E-state index is -4.92. The molecule has 5 nitrogen and oxygen atoms in total. The molecule has 4 rings (SSSR count). The van der Waals surface area contributed by atoms with E-state index in [0.717, 1.165) is 31.3 Å². The molecule has 0 bridgehead atoms. The lowest BCUT2D eigenvalue weighted by molar-refractivity contribution is -0.274. The molecule has 1 aromatic heterocycles. The van der Waals surface area contributed by atoms with E-state index in [9.17, 15) is 22.0 Å². The van der Waals surface area contributed by atoms with Crippen LogP contribution in [-0.4, -0.2) is 47.5 Å². The van der Waals surface area contributed by atoms with Crippen LogP contribution < -0.4 is 4.74 Å². The highest BCUT2D eigenvalue weighted by atomic mass is 19.4. The van der Waals surface area contributed by atoms with Crippen LogP contribution in [0.15, 0.2) is 36.4 Å². The Morgan fingerprint density at radius 2 is 1.84 bits per heavy atom. The van der Waals surface area contributed by atoms with Crippen molar-refractivity contribution >= 4 is 11.0 Å². The molecule has 0 amide bonds. The number of halogens is 5. The monoisotopic (exact) mass is 441 g/mol. The van der Waals surface area contributed by atoms with Gasteiger partial charge in [0.05, 0.1) is 17.1 Å². The molecule has 1 aliphatic rings. The highest BCUT2D eigenvalue weighted by Crippen LogP contribution is 2.34. The maximum absolute atomic E-state index is 14.7. The normalized spacial score (nSPS) is 17.2. The molecule has 166 valence electrons. The number of fused-ring (bicyclic) bond motifs is 1. The molecule has 2 aromatic carbocycles. The number of aromatic nitrogens is 2. The minimum absolute atomic E-state index is 0.153. The molecule has 0 radical (unpaired) electrons. The van der Waals surface area contributed by atoms with Crippen molar-refractivity contribution in [2.75, 3.05) is 20.1 Å². The van der Waals surface area contributed by atoms with E-state index in [0.29, 0.717) is 23.9 Å². The average Bonchev–Trinajstić information content (AvgIpc) is 3.11. The van der Waals surface area contributed by atoms with E-state index < -0.39 is 29.9 Å². The van der Waals surface area contributed by atoms with Crippen molar-refractivity contribution in [3.05, 3.63) is 59.4 Å². The molecule has 31 heavy (non-hydrogen) atoms. The molecule has 1 saturated heterocycles. The van der Waals surface area contributed by atoms with Gasteiger partial charge in [-0.15, -0.1) is 13.2 Å². The Labute approximate surface area is 174 Å². The molecule has 3 aromatic rings. The van der Waals surface area contributed by atoms with E-state index >= 15 is 0 Å². The highest BCUT2D eigenvalue weighted by Gasteiger charge is 2.33. The predicted octanol–water partition coefficient (Wildman–Crippen LogP) is 4.94. The summed E-state index contributed by atoms with van der Waals surface area (Å²) < 4.78 is 76.5. The Hall–Kier alpha value is -2.72. The van der Waals surface area contributed by atoms with Crippen LogP contribution in [0, 0.1) is 11.6 Å². The first-order valence-corrected chi connectivity index (χ1v) is 9.72. The number of hydrogen-bond acceptors (Lipinski definition) is 4. The van der Waals surface area contributed by atoms with Crippen molar-refractivity contribution in [2.24, 2.45) is 0 Å². The van der Waals surface area contributed by atoms with E-state index in [1.807, 2.05) is 7.05 Å². The SMILES string of the molecule is CN1CCC(OC(c2nc3cc(F)ccc3[nH]2)c2cc(OC(F)(F)F)ccc2F)CC1. The van der Waals surface area contributed by atoms with Crippen LogP contribution in [-0.2, 0) is 4.74 Å². The van der Waals surface area contributed by atoms with Crippen molar-refractivity contribution in [1.29, 1.82) is 0 Å². The fourth-order valence-corrected chi connectivity index (χ4v) is 3.64. The summed E-state index contributed by atoms with van der Waals surface area (Å²) in [5, 5.41) is 0. The van der Waals surface area contributed by atoms with Gasteiger partial charge in [0.2, 0.25) is 0 Å². The second-order valence-electron chi connectivity index (χ2n) is 7.53. The summed E-state index contributed by atoms with van der Waals surface area (Å²) in [5.41, 5.74) is 0.645. The minimum Gasteiger partial charge on any atom is -0.406 e. The van der Waals surface area contributed by atoms with Gasteiger partial charge in [-0.3, -0.25) is 0 Å². The lowest BCUT2D eigenvalue weighted by atomic mass is 10.0. The summed E-state index contributed by atoms with van der Waals surface area (Å²) in [5.74, 6) is -1.66. The number of H-pyrrole nitrogens is 1. The first kappa shape index (κ1) is 21.5. The molecule has 1 aliphatic heterocycles. The molecule has 1 unspecified atom stereocenters. The van der Waals surface area contributed by atoms with Gasteiger partial charge in [0.1, 0.15) is 29.3 Å². The van der Waals surface area contributed by atoms with E-state index in [-0.39, 0.29) is 17.5 Å². The average molecular weight is 441 g/mol. The molecular weight excluding hydrogens is 421 g/mol. The maximum atomic E-state index is 14.7. The number of hydrogen-bond donors (Lipinski definition) is 1. The summed E-state index contributed by atoms with van der Waals surface area (Å²) in [6.07, 6.45) is -4.96. The first-order chi connectivity index (χ1) is 14.7. The van der Waals surface area contributed by atoms with Crippen LogP contribution >= 0.6 is 0 Å². The Morgan fingerprint density at radius 1 is 1.10 bits per heavy atom. The Bertz CT molecular complexity index is 1060. The number of aromatic amines is 1. The van der Waals surface area contributed by atoms with Crippen LogP contribution in [0.4, 0.5) is 22.0 Å². The summed E-state index contributed by atoms with van der Waals surface area (Å²) in [6.45, 7) is 1.53. The van der Waals surface area contributed by atoms with Crippen molar-refractivity contribution in [3.8, 4) is 5.75 Å². The zero-order valence-corrected chi connectivity index (χ0v) is 16.5. The van der Waals surface area contributed by atoms with Crippen LogP contribution in [0.25, 0.3) is 11.0 Å². The van der Waals surface area contributed by atoms with Crippen LogP contribution in [0.5, 0.6) is 5.75 Å². The fraction of sp³-hybridized carbons (Fsp3) is 0.381. The number of rotatable bonds is 5. The third-order valence-electron chi connectivity index (χ3n) is 5.19. The van der Waals surface area contributed by atoms with Gasteiger partial charge in [-0.25, -0.2) is 13.8 Å². The highest BCUT2D eigenvalue weighted by molar-refractivity contribution is 5.75. The van der Waals surface area contributed by atoms with Gasteiger partial charge in [-0.1, -0.05) is 0 Å². The molecule has 1 fully saturated rings. The second kappa shape index (κ2) is 8.43. The van der Waals surface area contributed by atoms with E-state index in [2.05, 4.69) is 19.6 Å². The maximum Gasteiger partial charge on any atom is 0.573 e. The van der Waals surface area contributed by atoms with Crippen LogP contribution in [0.3, 0.4) is 0 Å². The lowest BCUT2D eigenvalue weighted by Crippen LogP contribution is -2.35. The van der Waals surface area contributed by atoms with E-state index in [4.69, 9.17) is 4.74 Å². The number of likely N-dealkylation sites (tertiary alicyclic amines) is 1. The summed E-state index contributed by atoms with van der Waals surface area (Å²) in [7, 11) is 1.97. The van der Waals surface area contributed by atoms with E-state index in [1.165, 1.54) is 18.2 Å². The molecule has 10 heteroatoms. The molecule has 0 spiro atoms. The van der Waals surface area contributed by atoms with Gasteiger partial charge in [0, 0.05) is 24.7 Å². The largest absolute Gasteiger partial charge is 0.573 e. The Balaban J connectivity index is 1.73. The standard InChI is InChI=1S/C21H20F5N3O2/c1-29-8-6-13(7-9-29)30-19(20-27-17-5-2-12(22)10-18(17)28-20)15-11-14(3-4-16(15)23)31-21(24,25)26/h2-5,10-11,13,19H,6-9H2,1H3,(H,27,28). The molecule has 2 heterocycles. The second-order valence-corrected chi connectivity index (χ2v) is 7.53. The smallest absolute Gasteiger partial charge is 0.406 e. The van der Waals surface area contributed by atoms with Gasteiger partial charge in [-0.2, -0.15) is 0 Å². The molecule has 1 atom stereocenters. The van der Waals surface area contributed by atoms with Crippen LogP contribution in [0.2, 0.25) is 0 Å². The number of benzene rings is 2. The number of nitrogens with one attached hydrogen (secondary N) is 1. The first-order valence-electron chi connectivity index (χ1n) is 9.72. The van der Waals surface area contributed by atoms with Crippen molar-refractivity contribution in [1.82, 2.24) is 14.9 Å². The quantitative estimate of drug-likeness (QED) is 0.570. The zero-order chi connectivity index (χ0) is 22.2. The fourth-order valence-electron chi connectivity index (χ4n) is 3.64. The predicted molar refractivity (Wildman–Crippen MR) is 103 cm³/mol. The zero-order valence-electron chi connectivity index (χ0n) is 16.5. The third-order valence-corrected chi connectivity index (χ3v) is 5.19. The van der Waals surface area contributed by atoms with Crippen molar-refractivity contribution < 1.29 is 31.4 Å². The van der Waals surface area contributed by atoms with Gasteiger partial charge in [0.15, 0.2) is 0 Å². The number of alkyl halides is 3. The topological polar surface area (TPSA) is 50.4 Å². The van der Waals surface area contributed by atoms with Crippen molar-refractivity contribution in [3.63, 3.8) is 0 Å². The Kier molecular flexibility index (Phi) is 5.85. The Morgan fingerprint density at radius 3 is 2.55 bits per heavy atom. The van der Waals surface area contributed by atoms with Crippen molar-refractivity contribution in [2.45, 2.75) is 31.4 Å². The molecule has 0 saturated carbocycles. The van der Waals surface area contributed by atoms with Gasteiger partial charge in [0.25, 0.3) is 0 Å². The van der Waals surface area contributed by atoms with Gasteiger partial charge in [-0.05, 0) is 50.2 Å². The van der Waals surface area contributed by atoms with Gasteiger partial charge < -0.3 is 19.4 Å². The summed E-state index contributed by atoms with van der Waals surface area (Å²) in [6, 6.07) is 6.68. The number of nitrogens with zero attached hydrogens (tertiary/aromatic N) is 2. The van der Waals surface area contributed by atoms with Gasteiger partial charge >= 0.3 is 6.36 Å². The summed E-state index contributed by atoms with van der Waals surface area (Å²) in [4.78, 5) is 9.41. The number of ether oxygens (including phenoxy) is 2. The molecular formula is C21H20F5N3O2. The number of imidazole rings is 1. The lowest BCUT2D eigenvalue weighted by Gasteiger charge is -2.31. The molecule has 1 N–H and O–H groups in total. The number of piperidine rings is 1. The summed E-state index contributed by atoms with van der Waals surface area (Å²) >= 11 is 0.